The van der Waals surface area contributed by atoms with Gasteiger partial charge in [-0.2, -0.15) is 0 Å². The molecule has 0 aliphatic carbocycles. The van der Waals surface area contributed by atoms with Crippen molar-refractivity contribution in [2.45, 2.75) is 19.5 Å². The average molecular weight is 370 g/mol. The monoisotopic (exact) mass is 370 g/mol. The summed E-state index contributed by atoms with van der Waals surface area (Å²) in [6.45, 7) is 3.76. The minimum Gasteiger partial charge on any atom is -0.318 e. The molecule has 6 nitrogen and oxygen atoms in total. The van der Waals surface area contributed by atoms with Crippen molar-refractivity contribution >= 4 is 0 Å². The van der Waals surface area contributed by atoms with Crippen molar-refractivity contribution in [3.8, 4) is 17.1 Å². The molecule has 0 bridgehead atoms. The molecule has 6 heteroatoms. The molecule has 140 valence electrons. The molecule has 1 aliphatic heterocycles. The van der Waals surface area contributed by atoms with E-state index in [1.165, 1.54) is 5.69 Å². The SMILES string of the molecule is c1ccc(-c2nnc3n2CCN(Cc2cccn2-c2cccnc2)CC3)cc1. The number of benzene rings is 1. The lowest BCUT2D eigenvalue weighted by molar-refractivity contribution is 0.267. The van der Waals surface area contributed by atoms with Crippen molar-refractivity contribution in [1.29, 1.82) is 0 Å². The maximum Gasteiger partial charge on any atom is 0.164 e. The van der Waals surface area contributed by atoms with E-state index in [1.54, 1.807) is 6.20 Å². The molecule has 1 aromatic carbocycles. The van der Waals surface area contributed by atoms with E-state index in [0.717, 1.165) is 55.5 Å². The summed E-state index contributed by atoms with van der Waals surface area (Å²) in [5.74, 6) is 2.04. The number of nitrogens with zero attached hydrogens (tertiary/aromatic N) is 6. The normalized spacial score (nSPS) is 14.6. The van der Waals surface area contributed by atoms with Gasteiger partial charge >= 0.3 is 0 Å². The van der Waals surface area contributed by atoms with E-state index in [1.807, 2.05) is 30.5 Å². The van der Waals surface area contributed by atoms with Crippen molar-refractivity contribution in [2.75, 3.05) is 13.1 Å². The molecule has 0 saturated carbocycles. The number of aromatic nitrogens is 5. The molecule has 4 aromatic rings. The van der Waals surface area contributed by atoms with Crippen molar-refractivity contribution in [3.63, 3.8) is 0 Å². The van der Waals surface area contributed by atoms with Gasteiger partial charge in [0, 0.05) is 56.3 Å². The highest BCUT2D eigenvalue weighted by molar-refractivity contribution is 5.55. The van der Waals surface area contributed by atoms with Crippen LogP contribution in [0.25, 0.3) is 17.1 Å². The maximum atomic E-state index is 4.46. The Morgan fingerprint density at radius 2 is 1.79 bits per heavy atom. The fourth-order valence-electron chi connectivity index (χ4n) is 3.85. The highest BCUT2D eigenvalue weighted by Crippen LogP contribution is 2.21. The Bertz CT molecular complexity index is 1050. The summed E-state index contributed by atoms with van der Waals surface area (Å²) in [6.07, 6.45) is 6.72. The van der Waals surface area contributed by atoms with Crippen molar-refractivity contribution in [3.05, 3.63) is 84.7 Å². The first kappa shape index (κ1) is 16.9. The molecule has 0 atom stereocenters. The van der Waals surface area contributed by atoms with Gasteiger partial charge in [-0.3, -0.25) is 9.88 Å². The molecule has 3 aromatic heterocycles. The van der Waals surface area contributed by atoms with Gasteiger partial charge in [0.15, 0.2) is 5.82 Å². The predicted octanol–water partition coefficient (Wildman–Crippen LogP) is 3.19. The molecule has 1 aliphatic rings. The van der Waals surface area contributed by atoms with Crippen LogP contribution in [0.5, 0.6) is 0 Å². The number of pyridine rings is 1. The first-order valence-corrected chi connectivity index (χ1v) is 9.65. The lowest BCUT2D eigenvalue weighted by atomic mass is 10.2. The third-order valence-corrected chi connectivity index (χ3v) is 5.29. The van der Waals surface area contributed by atoms with Gasteiger partial charge in [0.25, 0.3) is 0 Å². The molecule has 0 amide bonds. The van der Waals surface area contributed by atoms with Gasteiger partial charge in [-0.15, -0.1) is 10.2 Å². The summed E-state index contributed by atoms with van der Waals surface area (Å²) < 4.78 is 4.49. The number of fused-ring (bicyclic) bond motifs is 1. The molecule has 0 radical (unpaired) electrons. The molecule has 5 rings (SSSR count). The second-order valence-electron chi connectivity index (χ2n) is 7.06. The van der Waals surface area contributed by atoms with Crippen LogP contribution in [0.15, 0.2) is 73.2 Å². The van der Waals surface area contributed by atoms with E-state index in [4.69, 9.17) is 0 Å². The quantitative estimate of drug-likeness (QED) is 0.554. The van der Waals surface area contributed by atoms with Crippen LogP contribution in [0.3, 0.4) is 0 Å². The number of hydrogen-bond donors (Lipinski definition) is 0. The van der Waals surface area contributed by atoms with E-state index >= 15 is 0 Å². The van der Waals surface area contributed by atoms with Crippen molar-refractivity contribution in [2.24, 2.45) is 0 Å². The van der Waals surface area contributed by atoms with Crippen LogP contribution in [0.1, 0.15) is 11.5 Å². The van der Waals surface area contributed by atoms with Gasteiger partial charge in [0.2, 0.25) is 0 Å². The fourth-order valence-corrected chi connectivity index (χ4v) is 3.85. The van der Waals surface area contributed by atoms with E-state index in [0.29, 0.717) is 0 Å². The summed E-state index contributed by atoms with van der Waals surface area (Å²) in [4.78, 5) is 6.74. The van der Waals surface area contributed by atoms with Crippen LogP contribution < -0.4 is 0 Å². The smallest absolute Gasteiger partial charge is 0.164 e. The first-order chi connectivity index (χ1) is 13.9. The lowest BCUT2D eigenvalue weighted by Crippen LogP contribution is -2.27. The molecule has 0 unspecified atom stereocenters. The summed E-state index contributed by atoms with van der Waals surface area (Å²) >= 11 is 0. The van der Waals surface area contributed by atoms with Gasteiger partial charge in [-0.05, 0) is 24.3 Å². The van der Waals surface area contributed by atoms with Crippen LogP contribution >= 0.6 is 0 Å². The molecule has 28 heavy (non-hydrogen) atoms. The standard InChI is InChI=1S/C22H22N6/c1-2-6-18(7-3-1)22-25-24-21-10-13-26(14-15-28(21)22)17-20-9-5-12-27(20)19-8-4-11-23-16-19/h1-9,11-12,16H,10,13-15,17H2. The van der Waals surface area contributed by atoms with E-state index in [2.05, 4.69) is 65.7 Å². The van der Waals surface area contributed by atoms with Gasteiger partial charge in [-0.25, -0.2) is 0 Å². The van der Waals surface area contributed by atoms with Crippen LogP contribution in [0.4, 0.5) is 0 Å². The Morgan fingerprint density at radius 3 is 2.64 bits per heavy atom. The average Bonchev–Trinajstić information content (AvgIpc) is 3.33. The van der Waals surface area contributed by atoms with Gasteiger partial charge in [0.05, 0.1) is 11.9 Å². The van der Waals surface area contributed by atoms with Crippen molar-refractivity contribution < 1.29 is 0 Å². The Kier molecular flexibility index (Phi) is 4.47. The third kappa shape index (κ3) is 3.23. The molecular weight excluding hydrogens is 348 g/mol. The van der Waals surface area contributed by atoms with Crippen LogP contribution in [-0.2, 0) is 19.5 Å². The van der Waals surface area contributed by atoms with Crippen LogP contribution in [-0.4, -0.2) is 42.3 Å². The minimum atomic E-state index is 0.903. The Hall–Kier alpha value is -3.25. The topological polar surface area (TPSA) is 51.8 Å². The van der Waals surface area contributed by atoms with Gasteiger partial charge < -0.3 is 9.13 Å². The van der Waals surface area contributed by atoms with Crippen molar-refractivity contribution in [1.82, 2.24) is 29.2 Å². The van der Waals surface area contributed by atoms with Crippen LogP contribution in [0, 0.1) is 0 Å². The molecule has 0 N–H and O–H groups in total. The summed E-state index contributed by atoms with van der Waals surface area (Å²) in [6, 6.07) is 18.7. The predicted molar refractivity (Wildman–Crippen MR) is 108 cm³/mol. The Balaban J connectivity index is 1.34. The zero-order valence-corrected chi connectivity index (χ0v) is 15.6. The minimum absolute atomic E-state index is 0.903. The van der Waals surface area contributed by atoms with Gasteiger partial charge in [0.1, 0.15) is 5.82 Å². The first-order valence-electron chi connectivity index (χ1n) is 9.65. The van der Waals surface area contributed by atoms with E-state index in [9.17, 15) is 0 Å². The summed E-state index contributed by atoms with van der Waals surface area (Å²) in [7, 11) is 0. The molecular formula is C22H22N6. The molecule has 4 heterocycles. The third-order valence-electron chi connectivity index (χ3n) is 5.29. The maximum absolute atomic E-state index is 4.46. The molecule has 0 fully saturated rings. The summed E-state index contributed by atoms with van der Waals surface area (Å²) in [5.41, 5.74) is 3.50. The Labute approximate surface area is 164 Å². The highest BCUT2D eigenvalue weighted by atomic mass is 15.3. The second-order valence-corrected chi connectivity index (χ2v) is 7.06. The van der Waals surface area contributed by atoms with Gasteiger partial charge in [-0.1, -0.05) is 30.3 Å². The Morgan fingerprint density at radius 1 is 0.857 bits per heavy atom. The van der Waals surface area contributed by atoms with Crippen LogP contribution in [0.2, 0.25) is 0 Å². The fraction of sp³-hybridized carbons (Fsp3) is 0.227. The highest BCUT2D eigenvalue weighted by Gasteiger charge is 2.20. The van der Waals surface area contributed by atoms with E-state index in [-0.39, 0.29) is 0 Å². The summed E-state index contributed by atoms with van der Waals surface area (Å²) in [5, 5.41) is 8.91. The zero-order valence-electron chi connectivity index (χ0n) is 15.6. The number of hydrogen-bond acceptors (Lipinski definition) is 4. The number of rotatable bonds is 4. The second kappa shape index (κ2) is 7.40. The van der Waals surface area contributed by atoms with E-state index < -0.39 is 0 Å². The molecule has 0 spiro atoms. The molecule has 0 saturated heterocycles. The lowest BCUT2D eigenvalue weighted by Gasteiger charge is -2.21. The largest absolute Gasteiger partial charge is 0.318 e. The zero-order chi connectivity index (χ0) is 18.8.